The van der Waals surface area contributed by atoms with Crippen LogP contribution in [0.5, 0.6) is 0 Å². The second-order valence-corrected chi connectivity index (χ2v) is 8.37. The van der Waals surface area contributed by atoms with E-state index in [0.29, 0.717) is 23.5 Å². The van der Waals surface area contributed by atoms with Crippen LogP contribution in [0.25, 0.3) is 0 Å². The maximum absolute atomic E-state index is 14.0. The topological polar surface area (TPSA) is 63.4 Å². The molecule has 112 valence electrons. The van der Waals surface area contributed by atoms with E-state index >= 15 is 0 Å². The van der Waals surface area contributed by atoms with E-state index in [2.05, 4.69) is 0 Å². The van der Waals surface area contributed by atoms with Gasteiger partial charge in [0.15, 0.2) is 9.84 Å². The quantitative estimate of drug-likeness (QED) is 0.920. The summed E-state index contributed by atoms with van der Waals surface area (Å²) in [6.45, 7) is 2.28. The fourth-order valence-corrected chi connectivity index (χ4v) is 5.27. The van der Waals surface area contributed by atoms with Gasteiger partial charge in [0, 0.05) is 41.6 Å². The van der Waals surface area contributed by atoms with Crippen molar-refractivity contribution >= 4 is 27.3 Å². The summed E-state index contributed by atoms with van der Waals surface area (Å²) in [5, 5.41) is -0.624. The molecule has 1 aliphatic heterocycles. The molecule has 1 aromatic carbocycles. The highest BCUT2D eigenvalue weighted by Gasteiger charge is 2.33. The summed E-state index contributed by atoms with van der Waals surface area (Å²) in [4.78, 5) is 1.77. The van der Waals surface area contributed by atoms with Crippen LogP contribution in [0.15, 0.2) is 18.2 Å². The first-order valence-corrected chi connectivity index (χ1v) is 9.50. The molecule has 0 aliphatic carbocycles. The van der Waals surface area contributed by atoms with E-state index in [4.69, 9.17) is 5.73 Å². The van der Waals surface area contributed by atoms with E-state index in [1.165, 1.54) is 12.3 Å². The van der Waals surface area contributed by atoms with Crippen molar-refractivity contribution in [1.82, 2.24) is 0 Å². The summed E-state index contributed by atoms with van der Waals surface area (Å²) in [5.41, 5.74) is 6.83. The van der Waals surface area contributed by atoms with Gasteiger partial charge in [-0.25, -0.2) is 12.8 Å². The molecule has 0 amide bonds. The van der Waals surface area contributed by atoms with Crippen LogP contribution in [-0.2, 0) is 9.84 Å². The first-order chi connectivity index (χ1) is 9.32. The van der Waals surface area contributed by atoms with Gasteiger partial charge in [0.25, 0.3) is 0 Å². The predicted molar refractivity (Wildman–Crippen MR) is 82.3 cm³/mol. The van der Waals surface area contributed by atoms with Gasteiger partial charge in [-0.15, -0.1) is 0 Å². The molecule has 20 heavy (non-hydrogen) atoms. The minimum atomic E-state index is -3.24. The van der Waals surface area contributed by atoms with Gasteiger partial charge >= 0.3 is 0 Å². The van der Waals surface area contributed by atoms with E-state index in [0.717, 1.165) is 5.75 Å². The molecule has 7 heteroatoms. The average molecular weight is 318 g/mol. The van der Waals surface area contributed by atoms with E-state index in [1.807, 2.05) is 0 Å². The summed E-state index contributed by atoms with van der Waals surface area (Å²) < 4.78 is 37.9. The van der Waals surface area contributed by atoms with Gasteiger partial charge in [0.1, 0.15) is 11.2 Å². The fourth-order valence-electron chi connectivity index (χ4n) is 2.44. The highest BCUT2D eigenvalue weighted by molar-refractivity contribution is 8.01. The average Bonchev–Trinajstić information content (AvgIpc) is 2.37. The monoisotopic (exact) mass is 318 g/mol. The Morgan fingerprint density at radius 2 is 2.20 bits per heavy atom. The largest absolute Gasteiger partial charge is 0.353 e. The number of anilines is 1. The lowest BCUT2D eigenvalue weighted by Crippen LogP contribution is -2.47. The molecule has 1 fully saturated rings. The summed E-state index contributed by atoms with van der Waals surface area (Å²) >= 11 is 1.60. The Morgan fingerprint density at radius 3 is 2.80 bits per heavy atom. The molecule has 2 rings (SSSR count). The molecule has 1 heterocycles. The van der Waals surface area contributed by atoms with Gasteiger partial charge in [0.2, 0.25) is 0 Å². The highest BCUT2D eigenvalue weighted by Crippen LogP contribution is 2.33. The number of thioether (sulfide) groups is 1. The maximum atomic E-state index is 14.0. The van der Waals surface area contributed by atoms with Gasteiger partial charge in [0.05, 0.1) is 0 Å². The molecule has 1 unspecified atom stereocenters. The molecular formula is C13H19FN2O2S2. The minimum absolute atomic E-state index is 0.382. The van der Waals surface area contributed by atoms with Crippen LogP contribution in [0.3, 0.4) is 0 Å². The van der Waals surface area contributed by atoms with Crippen molar-refractivity contribution in [2.45, 2.75) is 18.3 Å². The molecule has 0 spiro atoms. The van der Waals surface area contributed by atoms with Crippen molar-refractivity contribution in [3.05, 3.63) is 29.6 Å². The number of halogens is 1. The van der Waals surface area contributed by atoms with E-state index in [-0.39, 0.29) is 5.82 Å². The Labute approximate surface area is 123 Å². The minimum Gasteiger partial charge on any atom is -0.353 e. The molecule has 2 atom stereocenters. The third-order valence-electron chi connectivity index (χ3n) is 3.37. The normalized spacial score (nSPS) is 21.8. The second-order valence-electron chi connectivity index (χ2n) is 5.01. The van der Waals surface area contributed by atoms with Gasteiger partial charge in [-0.3, -0.25) is 0 Å². The smallest absolute Gasteiger partial charge is 0.169 e. The standard InChI is InChI=1S/C13H19FN2O2S2/c1-9(15)13-10(14)4-3-5-11(13)16-6-7-19-8-12(16)20(2,17)18/h3-5,9,12H,6-8,15H2,1-2H3/t9-,12?/m0/s1. The molecule has 2 N–H and O–H groups in total. The molecule has 1 saturated heterocycles. The van der Waals surface area contributed by atoms with E-state index < -0.39 is 21.3 Å². The first kappa shape index (κ1) is 15.6. The molecule has 0 saturated carbocycles. The number of sulfone groups is 1. The van der Waals surface area contributed by atoms with Crippen LogP contribution in [-0.4, -0.2) is 38.1 Å². The zero-order valence-electron chi connectivity index (χ0n) is 11.5. The lowest BCUT2D eigenvalue weighted by molar-refractivity contribution is 0.577. The van der Waals surface area contributed by atoms with Crippen LogP contribution in [0.1, 0.15) is 18.5 Å². The van der Waals surface area contributed by atoms with Crippen molar-refractivity contribution in [3.8, 4) is 0 Å². The van der Waals surface area contributed by atoms with Crippen molar-refractivity contribution in [2.24, 2.45) is 5.73 Å². The van der Waals surface area contributed by atoms with Crippen molar-refractivity contribution < 1.29 is 12.8 Å². The summed E-state index contributed by atoms with van der Waals surface area (Å²) in [5.74, 6) is 0.928. The molecule has 1 aromatic rings. The van der Waals surface area contributed by atoms with E-state index in [1.54, 1.807) is 35.7 Å². The fraction of sp³-hybridized carbons (Fsp3) is 0.538. The van der Waals surface area contributed by atoms with Crippen LogP contribution in [0.2, 0.25) is 0 Å². The molecule has 4 nitrogen and oxygen atoms in total. The number of hydrogen-bond acceptors (Lipinski definition) is 5. The molecule has 0 radical (unpaired) electrons. The predicted octanol–water partition coefficient (Wildman–Crippen LogP) is 1.77. The first-order valence-electron chi connectivity index (χ1n) is 6.39. The summed E-state index contributed by atoms with van der Waals surface area (Å²) in [6.07, 6.45) is 1.22. The number of hydrogen-bond donors (Lipinski definition) is 1. The van der Waals surface area contributed by atoms with Gasteiger partial charge in [-0.1, -0.05) is 6.07 Å². The molecule has 1 aliphatic rings. The van der Waals surface area contributed by atoms with Crippen molar-refractivity contribution in [3.63, 3.8) is 0 Å². The molecule has 0 aromatic heterocycles. The van der Waals surface area contributed by atoms with E-state index in [9.17, 15) is 12.8 Å². The van der Waals surface area contributed by atoms with Crippen molar-refractivity contribution in [2.75, 3.05) is 29.2 Å². The van der Waals surface area contributed by atoms with Gasteiger partial charge in [-0.05, 0) is 19.1 Å². The second kappa shape index (κ2) is 5.91. The highest BCUT2D eigenvalue weighted by atomic mass is 32.2. The number of benzene rings is 1. The lowest BCUT2D eigenvalue weighted by atomic mass is 10.0. The van der Waals surface area contributed by atoms with Crippen LogP contribution in [0.4, 0.5) is 10.1 Å². The molecule has 0 bridgehead atoms. The van der Waals surface area contributed by atoms with Crippen LogP contribution < -0.4 is 10.6 Å². The van der Waals surface area contributed by atoms with Crippen LogP contribution in [0, 0.1) is 5.82 Å². The third-order valence-corrected chi connectivity index (χ3v) is 6.02. The Morgan fingerprint density at radius 1 is 1.50 bits per heavy atom. The number of nitrogens with zero attached hydrogens (tertiary/aromatic N) is 1. The zero-order chi connectivity index (χ0) is 14.9. The number of nitrogens with two attached hydrogens (primary N) is 1. The number of rotatable bonds is 3. The van der Waals surface area contributed by atoms with Crippen molar-refractivity contribution in [1.29, 1.82) is 0 Å². The lowest BCUT2D eigenvalue weighted by Gasteiger charge is -2.37. The van der Waals surface area contributed by atoms with Gasteiger partial charge < -0.3 is 10.6 Å². The maximum Gasteiger partial charge on any atom is 0.169 e. The summed E-state index contributed by atoms with van der Waals surface area (Å²) in [7, 11) is -3.24. The Kier molecular flexibility index (Phi) is 4.61. The van der Waals surface area contributed by atoms with Gasteiger partial charge in [-0.2, -0.15) is 11.8 Å². The SMILES string of the molecule is C[C@H](N)c1c(F)cccc1N1CCSCC1S(C)(=O)=O. The zero-order valence-corrected chi connectivity index (χ0v) is 13.2. The summed E-state index contributed by atoms with van der Waals surface area (Å²) in [6, 6.07) is 4.21. The molecular weight excluding hydrogens is 299 g/mol. The van der Waals surface area contributed by atoms with Crippen LogP contribution >= 0.6 is 11.8 Å². The third kappa shape index (κ3) is 3.10. The Bertz CT molecular complexity index is 590. The Hall–Kier alpha value is -0.790. The Balaban J connectivity index is 2.51.